The van der Waals surface area contributed by atoms with Gasteiger partial charge in [0.1, 0.15) is 5.00 Å². The molecule has 124 valence electrons. The van der Waals surface area contributed by atoms with Gasteiger partial charge in [-0.3, -0.25) is 9.79 Å². The molecule has 23 heavy (non-hydrogen) atoms. The summed E-state index contributed by atoms with van der Waals surface area (Å²) in [5.74, 6) is -0.190. The number of nitrogens with zero attached hydrogens (tertiary/aromatic N) is 1. The van der Waals surface area contributed by atoms with Gasteiger partial charge in [-0.15, -0.1) is 11.3 Å². The number of amides is 1. The van der Waals surface area contributed by atoms with Crippen LogP contribution in [-0.4, -0.2) is 42.5 Å². The van der Waals surface area contributed by atoms with Gasteiger partial charge in [-0.25, -0.2) is 4.79 Å². The number of carbonyl (C=O) groups excluding carboxylic acids is 2. The van der Waals surface area contributed by atoms with Crippen LogP contribution in [-0.2, 0) is 22.4 Å². The number of aliphatic imine (C=N–C) groups is 1. The molecule has 0 saturated heterocycles. The van der Waals surface area contributed by atoms with E-state index in [1.807, 2.05) is 0 Å². The minimum absolute atomic E-state index is 0.128. The number of rotatable bonds is 5. The largest absolute Gasteiger partial charge is 0.462 e. The molecule has 1 aliphatic carbocycles. The van der Waals surface area contributed by atoms with Crippen LogP contribution in [0, 0.1) is 0 Å². The fraction of sp³-hybridized carbons (Fsp3) is 0.533. The lowest BCUT2D eigenvalue weighted by molar-refractivity contribution is -0.113. The number of hydrogen-bond acceptors (Lipinski definition) is 7. The third-order valence-electron chi connectivity index (χ3n) is 3.64. The lowest BCUT2D eigenvalue weighted by Crippen LogP contribution is -2.20. The molecule has 8 heteroatoms. The molecule has 1 aromatic rings. The number of aryl methyl sites for hydroxylation is 1. The van der Waals surface area contributed by atoms with Crippen LogP contribution in [0.25, 0.3) is 0 Å². The lowest BCUT2D eigenvalue weighted by Gasteiger charge is -2.08. The molecule has 3 rings (SSSR count). The fourth-order valence-electron chi connectivity index (χ4n) is 2.68. The molecule has 0 bridgehead atoms. The van der Waals surface area contributed by atoms with E-state index >= 15 is 0 Å². The van der Waals surface area contributed by atoms with Crippen molar-refractivity contribution < 1.29 is 14.3 Å². The van der Waals surface area contributed by atoms with Gasteiger partial charge < -0.3 is 15.4 Å². The summed E-state index contributed by atoms with van der Waals surface area (Å²) in [6, 6.07) is 0. The summed E-state index contributed by atoms with van der Waals surface area (Å²) in [6.45, 7) is 3.70. The van der Waals surface area contributed by atoms with Crippen LogP contribution in [0.3, 0.4) is 0 Å². The number of esters is 1. The molecular weight excluding hydrogens is 334 g/mol. The van der Waals surface area contributed by atoms with E-state index in [1.54, 1.807) is 6.92 Å². The molecule has 2 aliphatic rings. The van der Waals surface area contributed by atoms with Crippen LogP contribution in [0.15, 0.2) is 4.99 Å². The van der Waals surface area contributed by atoms with Crippen LogP contribution in [0.2, 0.25) is 0 Å². The molecular formula is C15H19N3O3S2. The van der Waals surface area contributed by atoms with Crippen LogP contribution in [0.1, 0.15) is 34.1 Å². The van der Waals surface area contributed by atoms with E-state index < -0.39 is 0 Å². The Kier molecular flexibility index (Phi) is 5.22. The average molecular weight is 353 g/mol. The van der Waals surface area contributed by atoms with E-state index in [1.165, 1.54) is 28.0 Å². The number of carbonyl (C=O) groups is 2. The zero-order valence-electron chi connectivity index (χ0n) is 12.9. The number of amidine groups is 1. The highest BCUT2D eigenvalue weighted by Crippen LogP contribution is 2.39. The Hall–Kier alpha value is -1.54. The van der Waals surface area contributed by atoms with Crippen LogP contribution in [0.4, 0.5) is 5.00 Å². The first-order valence-corrected chi connectivity index (χ1v) is 9.52. The molecule has 2 heterocycles. The number of thiophene rings is 1. The summed E-state index contributed by atoms with van der Waals surface area (Å²) in [4.78, 5) is 29.8. The third-order valence-corrected chi connectivity index (χ3v) is 5.80. The number of anilines is 1. The Morgan fingerprint density at radius 1 is 1.43 bits per heavy atom. The molecule has 0 radical (unpaired) electrons. The van der Waals surface area contributed by atoms with Crippen LogP contribution >= 0.6 is 23.1 Å². The van der Waals surface area contributed by atoms with Crippen molar-refractivity contribution in [1.82, 2.24) is 5.32 Å². The molecule has 2 N–H and O–H groups in total. The lowest BCUT2D eigenvalue weighted by atomic mass is 10.1. The van der Waals surface area contributed by atoms with Gasteiger partial charge in [0.25, 0.3) is 0 Å². The maximum Gasteiger partial charge on any atom is 0.341 e. The SMILES string of the molecule is CCOC(=O)c1c(NC(=O)CSC2=NCCN2)sc2c1CCC2. The predicted molar refractivity (Wildman–Crippen MR) is 93.7 cm³/mol. The maximum atomic E-state index is 12.2. The summed E-state index contributed by atoms with van der Waals surface area (Å²) in [6.07, 6.45) is 2.91. The molecule has 0 aromatic carbocycles. The second kappa shape index (κ2) is 7.35. The first-order valence-electron chi connectivity index (χ1n) is 7.71. The first-order chi connectivity index (χ1) is 11.2. The van der Waals surface area contributed by atoms with Gasteiger partial charge in [0.15, 0.2) is 5.17 Å². The zero-order valence-corrected chi connectivity index (χ0v) is 14.6. The average Bonchev–Trinajstić information content (AvgIpc) is 3.22. The first kappa shape index (κ1) is 16.3. The normalized spacial score (nSPS) is 15.8. The third kappa shape index (κ3) is 3.69. The highest BCUT2D eigenvalue weighted by atomic mass is 32.2. The van der Waals surface area contributed by atoms with Gasteiger partial charge in [0, 0.05) is 11.4 Å². The van der Waals surface area contributed by atoms with Gasteiger partial charge in [0.2, 0.25) is 5.91 Å². The summed E-state index contributed by atoms with van der Waals surface area (Å²) in [7, 11) is 0. The molecule has 0 unspecified atom stereocenters. The van der Waals surface area contributed by atoms with Crippen molar-refractivity contribution in [2.45, 2.75) is 26.2 Å². The number of hydrogen-bond donors (Lipinski definition) is 2. The summed E-state index contributed by atoms with van der Waals surface area (Å²) in [5, 5.41) is 7.42. The Bertz CT molecular complexity index is 655. The highest BCUT2D eigenvalue weighted by Gasteiger charge is 2.28. The summed E-state index contributed by atoms with van der Waals surface area (Å²) in [5.41, 5.74) is 1.61. The van der Waals surface area contributed by atoms with Gasteiger partial charge in [-0.2, -0.15) is 0 Å². The van der Waals surface area contributed by atoms with E-state index in [-0.39, 0.29) is 17.6 Å². The molecule has 0 spiro atoms. The Morgan fingerprint density at radius 2 is 2.30 bits per heavy atom. The van der Waals surface area contributed by atoms with Crippen molar-refractivity contribution in [3.8, 4) is 0 Å². The van der Waals surface area contributed by atoms with E-state index in [4.69, 9.17) is 4.74 Å². The standard InChI is InChI=1S/C15H19N3O3S2/c1-2-21-14(20)12-9-4-3-5-10(9)23-13(12)18-11(19)8-22-15-16-6-7-17-15/h2-8H2,1H3,(H,16,17)(H,18,19). The Balaban J connectivity index is 1.69. The quantitative estimate of drug-likeness (QED) is 0.792. The molecule has 1 amide bonds. The maximum absolute atomic E-state index is 12.2. The molecule has 0 fully saturated rings. The fourth-order valence-corrected chi connectivity index (χ4v) is 4.70. The van der Waals surface area contributed by atoms with Gasteiger partial charge in [-0.1, -0.05) is 11.8 Å². The molecule has 0 atom stereocenters. The van der Waals surface area contributed by atoms with Crippen LogP contribution < -0.4 is 10.6 Å². The van der Waals surface area contributed by atoms with Crippen molar-refractivity contribution in [3.05, 3.63) is 16.0 Å². The summed E-state index contributed by atoms with van der Waals surface area (Å²) >= 11 is 2.88. The minimum atomic E-state index is -0.336. The van der Waals surface area contributed by atoms with Crippen molar-refractivity contribution >= 4 is 45.1 Å². The topological polar surface area (TPSA) is 79.8 Å². The monoisotopic (exact) mass is 353 g/mol. The van der Waals surface area contributed by atoms with E-state index in [2.05, 4.69) is 15.6 Å². The van der Waals surface area contributed by atoms with Crippen molar-refractivity contribution in [2.75, 3.05) is 30.8 Å². The smallest absolute Gasteiger partial charge is 0.341 e. The predicted octanol–water partition coefficient (Wildman–Crippen LogP) is 2.04. The Morgan fingerprint density at radius 3 is 3.04 bits per heavy atom. The Labute approximate surface area is 143 Å². The second-order valence-corrected chi connectivity index (χ2v) is 7.30. The number of fused-ring (bicyclic) bond motifs is 1. The van der Waals surface area contributed by atoms with Gasteiger partial charge in [0.05, 0.1) is 24.5 Å². The van der Waals surface area contributed by atoms with Gasteiger partial charge in [-0.05, 0) is 31.7 Å². The zero-order chi connectivity index (χ0) is 16.2. The molecule has 6 nitrogen and oxygen atoms in total. The van der Waals surface area contributed by atoms with Crippen molar-refractivity contribution in [2.24, 2.45) is 4.99 Å². The van der Waals surface area contributed by atoms with E-state index in [9.17, 15) is 9.59 Å². The summed E-state index contributed by atoms with van der Waals surface area (Å²) < 4.78 is 5.16. The highest BCUT2D eigenvalue weighted by molar-refractivity contribution is 8.14. The van der Waals surface area contributed by atoms with E-state index in [0.717, 1.165) is 43.1 Å². The van der Waals surface area contributed by atoms with Crippen molar-refractivity contribution in [1.29, 1.82) is 0 Å². The number of thioether (sulfide) groups is 1. The molecule has 1 aromatic heterocycles. The van der Waals surface area contributed by atoms with Crippen molar-refractivity contribution in [3.63, 3.8) is 0 Å². The van der Waals surface area contributed by atoms with E-state index in [0.29, 0.717) is 17.2 Å². The second-order valence-electron chi connectivity index (χ2n) is 5.23. The molecule has 1 aliphatic heterocycles. The molecule has 0 saturated carbocycles. The number of nitrogens with one attached hydrogen (secondary N) is 2. The minimum Gasteiger partial charge on any atom is -0.462 e. The van der Waals surface area contributed by atoms with Crippen LogP contribution in [0.5, 0.6) is 0 Å². The van der Waals surface area contributed by atoms with Gasteiger partial charge >= 0.3 is 5.97 Å². The number of ether oxygens (including phenoxy) is 1.